The standard InChI is InChI=1S/C7H8N4OS/c1-11-3-2-8-7(11)6(12)5-4-9-13-10-5/h2-4,6,12H,1H3. The first-order valence-electron chi connectivity index (χ1n) is 3.72. The van der Waals surface area contributed by atoms with Crippen molar-refractivity contribution in [1.29, 1.82) is 0 Å². The van der Waals surface area contributed by atoms with Crippen molar-refractivity contribution in [2.75, 3.05) is 0 Å². The lowest BCUT2D eigenvalue weighted by atomic mass is 10.2. The molecule has 0 fully saturated rings. The Morgan fingerprint density at radius 3 is 3.00 bits per heavy atom. The Kier molecular flexibility index (Phi) is 2.07. The molecule has 1 atom stereocenters. The van der Waals surface area contributed by atoms with Gasteiger partial charge in [0.15, 0.2) is 6.10 Å². The van der Waals surface area contributed by atoms with Crippen LogP contribution in [0.25, 0.3) is 0 Å². The molecular formula is C7H8N4OS. The summed E-state index contributed by atoms with van der Waals surface area (Å²) in [6.45, 7) is 0. The fourth-order valence-corrected chi connectivity index (χ4v) is 1.51. The second-order valence-electron chi connectivity index (χ2n) is 2.63. The van der Waals surface area contributed by atoms with Crippen LogP contribution in [-0.4, -0.2) is 23.4 Å². The monoisotopic (exact) mass is 196 g/mol. The van der Waals surface area contributed by atoms with E-state index in [4.69, 9.17) is 0 Å². The summed E-state index contributed by atoms with van der Waals surface area (Å²) in [4.78, 5) is 4.02. The molecule has 13 heavy (non-hydrogen) atoms. The first-order valence-corrected chi connectivity index (χ1v) is 4.45. The molecule has 2 aromatic heterocycles. The second kappa shape index (κ2) is 3.23. The number of imidazole rings is 1. The molecule has 2 rings (SSSR count). The van der Waals surface area contributed by atoms with Crippen LogP contribution in [0.4, 0.5) is 0 Å². The number of aliphatic hydroxyl groups excluding tert-OH is 1. The van der Waals surface area contributed by atoms with E-state index in [1.54, 1.807) is 23.2 Å². The average Bonchev–Trinajstić information content (AvgIpc) is 2.72. The lowest BCUT2D eigenvalue weighted by Crippen LogP contribution is -2.06. The van der Waals surface area contributed by atoms with Crippen LogP contribution in [0.15, 0.2) is 18.6 Å². The van der Waals surface area contributed by atoms with Gasteiger partial charge in [-0.3, -0.25) is 0 Å². The first kappa shape index (κ1) is 8.33. The summed E-state index contributed by atoms with van der Waals surface area (Å²) in [6.07, 6.45) is 4.18. The first-order chi connectivity index (χ1) is 6.29. The molecule has 68 valence electrons. The number of rotatable bonds is 2. The molecule has 0 aliphatic heterocycles. The van der Waals surface area contributed by atoms with E-state index in [1.807, 2.05) is 7.05 Å². The summed E-state index contributed by atoms with van der Waals surface area (Å²) in [5.41, 5.74) is 0.541. The third kappa shape index (κ3) is 1.45. The van der Waals surface area contributed by atoms with E-state index in [-0.39, 0.29) is 0 Å². The summed E-state index contributed by atoms with van der Waals surface area (Å²) in [6, 6.07) is 0. The zero-order chi connectivity index (χ0) is 9.26. The van der Waals surface area contributed by atoms with E-state index in [0.29, 0.717) is 11.5 Å². The van der Waals surface area contributed by atoms with Gasteiger partial charge in [-0.15, -0.1) is 0 Å². The van der Waals surface area contributed by atoms with E-state index >= 15 is 0 Å². The molecule has 1 N–H and O–H groups in total. The molecule has 0 spiro atoms. The van der Waals surface area contributed by atoms with E-state index in [9.17, 15) is 5.11 Å². The zero-order valence-corrected chi connectivity index (χ0v) is 7.77. The molecule has 0 aliphatic carbocycles. The fraction of sp³-hybridized carbons (Fsp3) is 0.286. The molecule has 5 nitrogen and oxygen atoms in total. The maximum absolute atomic E-state index is 9.77. The average molecular weight is 196 g/mol. The summed E-state index contributed by atoms with van der Waals surface area (Å²) in [5.74, 6) is 0.577. The molecule has 0 aliphatic rings. The minimum Gasteiger partial charge on any atom is -0.379 e. The van der Waals surface area contributed by atoms with E-state index in [1.165, 1.54) is 0 Å². The minimum atomic E-state index is -0.779. The van der Waals surface area contributed by atoms with Crippen molar-refractivity contribution in [2.45, 2.75) is 6.10 Å². The van der Waals surface area contributed by atoms with Crippen LogP contribution in [0, 0.1) is 0 Å². The Morgan fingerprint density at radius 1 is 1.62 bits per heavy atom. The summed E-state index contributed by atoms with van der Waals surface area (Å²) in [5, 5.41) is 9.77. The predicted molar refractivity (Wildman–Crippen MR) is 47.2 cm³/mol. The number of aliphatic hydroxyl groups is 1. The SMILES string of the molecule is Cn1ccnc1C(O)c1cnsn1. The van der Waals surface area contributed by atoms with Crippen LogP contribution in [0.3, 0.4) is 0 Å². The van der Waals surface area contributed by atoms with Gasteiger partial charge in [-0.25, -0.2) is 4.98 Å². The van der Waals surface area contributed by atoms with Gasteiger partial charge in [0, 0.05) is 19.4 Å². The highest BCUT2D eigenvalue weighted by atomic mass is 32.1. The van der Waals surface area contributed by atoms with E-state index in [0.717, 1.165) is 11.7 Å². The summed E-state index contributed by atoms with van der Waals surface area (Å²) in [7, 11) is 1.82. The van der Waals surface area contributed by atoms with Crippen LogP contribution in [0.1, 0.15) is 17.6 Å². The molecule has 0 amide bonds. The van der Waals surface area contributed by atoms with Crippen molar-refractivity contribution in [2.24, 2.45) is 7.05 Å². The van der Waals surface area contributed by atoms with Crippen molar-refractivity contribution in [3.05, 3.63) is 30.1 Å². The van der Waals surface area contributed by atoms with Crippen molar-refractivity contribution in [3.63, 3.8) is 0 Å². The normalized spacial score (nSPS) is 13.1. The van der Waals surface area contributed by atoms with Gasteiger partial charge in [0.2, 0.25) is 0 Å². The Hall–Kier alpha value is -1.27. The van der Waals surface area contributed by atoms with Crippen molar-refractivity contribution in [1.82, 2.24) is 18.3 Å². The highest BCUT2D eigenvalue weighted by Crippen LogP contribution is 2.17. The molecule has 1 unspecified atom stereocenters. The third-order valence-corrected chi connectivity index (χ3v) is 2.25. The Balaban J connectivity index is 2.33. The number of aromatic nitrogens is 4. The van der Waals surface area contributed by atoms with Crippen LogP contribution in [0.5, 0.6) is 0 Å². The molecule has 0 bridgehead atoms. The van der Waals surface area contributed by atoms with Crippen molar-refractivity contribution in [3.8, 4) is 0 Å². The fourth-order valence-electron chi connectivity index (χ4n) is 1.07. The molecular weight excluding hydrogens is 188 g/mol. The third-order valence-electron chi connectivity index (χ3n) is 1.76. The second-order valence-corrected chi connectivity index (χ2v) is 3.19. The highest BCUT2D eigenvalue weighted by Gasteiger charge is 2.16. The zero-order valence-electron chi connectivity index (χ0n) is 6.95. The molecule has 2 aromatic rings. The topological polar surface area (TPSA) is 63.8 Å². The molecule has 6 heteroatoms. The van der Waals surface area contributed by atoms with Gasteiger partial charge < -0.3 is 9.67 Å². The largest absolute Gasteiger partial charge is 0.379 e. The summed E-state index contributed by atoms with van der Waals surface area (Å²) >= 11 is 1.07. The number of hydrogen-bond donors (Lipinski definition) is 1. The number of aryl methyl sites for hydroxylation is 1. The lowest BCUT2D eigenvalue weighted by molar-refractivity contribution is 0.202. The Bertz CT molecular complexity index is 383. The van der Waals surface area contributed by atoms with Gasteiger partial charge in [-0.05, 0) is 0 Å². The lowest BCUT2D eigenvalue weighted by Gasteiger charge is -2.06. The minimum absolute atomic E-state index is 0.541. The van der Waals surface area contributed by atoms with E-state index in [2.05, 4.69) is 13.7 Å². The number of hydrogen-bond acceptors (Lipinski definition) is 5. The van der Waals surface area contributed by atoms with Gasteiger partial charge in [0.25, 0.3) is 0 Å². The van der Waals surface area contributed by atoms with Crippen LogP contribution in [0.2, 0.25) is 0 Å². The molecule has 0 aromatic carbocycles. The summed E-state index contributed by atoms with van der Waals surface area (Å²) < 4.78 is 9.51. The molecule has 2 heterocycles. The van der Waals surface area contributed by atoms with Crippen molar-refractivity contribution >= 4 is 11.7 Å². The molecule has 0 saturated heterocycles. The highest BCUT2D eigenvalue weighted by molar-refractivity contribution is 6.99. The predicted octanol–water partition coefficient (Wildman–Crippen LogP) is 0.353. The number of nitrogens with zero attached hydrogens (tertiary/aromatic N) is 4. The quantitative estimate of drug-likeness (QED) is 0.753. The van der Waals surface area contributed by atoms with Crippen LogP contribution >= 0.6 is 11.7 Å². The van der Waals surface area contributed by atoms with Gasteiger partial charge >= 0.3 is 0 Å². The molecule has 0 radical (unpaired) electrons. The Labute approximate surface area is 79.0 Å². The van der Waals surface area contributed by atoms with E-state index < -0.39 is 6.10 Å². The van der Waals surface area contributed by atoms with Gasteiger partial charge in [0.05, 0.1) is 17.9 Å². The maximum atomic E-state index is 9.77. The molecule has 0 saturated carbocycles. The Morgan fingerprint density at radius 2 is 2.46 bits per heavy atom. The van der Waals surface area contributed by atoms with Gasteiger partial charge in [0.1, 0.15) is 11.5 Å². The van der Waals surface area contributed by atoms with Gasteiger partial charge in [-0.1, -0.05) is 0 Å². The van der Waals surface area contributed by atoms with Crippen LogP contribution in [-0.2, 0) is 7.05 Å². The van der Waals surface area contributed by atoms with Crippen LogP contribution < -0.4 is 0 Å². The maximum Gasteiger partial charge on any atom is 0.156 e. The van der Waals surface area contributed by atoms with Gasteiger partial charge in [-0.2, -0.15) is 8.75 Å². The smallest absolute Gasteiger partial charge is 0.156 e. The van der Waals surface area contributed by atoms with Crippen molar-refractivity contribution < 1.29 is 5.11 Å².